The highest BCUT2D eigenvalue weighted by Gasteiger charge is 2.21. The van der Waals surface area contributed by atoms with E-state index in [0.29, 0.717) is 38.7 Å². The number of hydrogen-bond donors (Lipinski definition) is 3. The third kappa shape index (κ3) is 6.08. The Balaban J connectivity index is 1.38. The maximum atomic E-state index is 13.5. The molecule has 3 heterocycles. The van der Waals surface area contributed by atoms with E-state index >= 15 is 0 Å². The number of carbonyl (C=O) groups excluding carboxylic acids is 1. The molecule has 1 aromatic heterocycles. The van der Waals surface area contributed by atoms with E-state index in [4.69, 9.17) is 9.72 Å². The predicted octanol–water partition coefficient (Wildman–Crippen LogP) is 4.05. The van der Waals surface area contributed by atoms with Crippen LogP contribution in [0.15, 0.2) is 85.1 Å². The van der Waals surface area contributed by atoms with Gasteiger partial charge in [0.15, 0.2) is 0 Å². The molecule has 2 aliphatic rings. The summed E-state index contributed by atoms with van der Waals surface area (Å²) in [7, 11) is 0. The van der Waals surface area contributed by atoms with E-state index < -0.39 is 6.04 Å². The molecule has 4 aromatic rings. The van der Waals surface area contributed by atoms with Crippen LogP contribution in [0.3, 0.4) is 0 Å². The van der Waals surface area contributed by atoms with Gasteiger partial charge in [-0.3, -0.25) is 4.79 Å². The number of carbonyl (C=O) groups is 1. The first kappa shape index (κ1) is 25.0. The zero-order chi connectivity index (χ0) is 26.4. The normalized spacial score (nSPS) is 17.7. The molecule has 1 atom stereocenters. The molecule has 3 N–H and O–H groups in total. The van der Waals surface area contributed by atoms with Gasteiger partial charge in [0.2, 0.25) is 11.9 Å². The van der Waals surface area contributed by atoms with E-state index in [0.717, 1.165) is 52.4 Å². The lowest BCUT2D eigenvalue weighted by Crippen LogP contribution is -2.45. The molecule has 1 saturated heterocycles. The van der Waals surface area contributed by atoms with Crippen molar-refractivity contribution >= 4 is 23.2 Å². The minimum atomic E-state index is -0.395. The number of aromatic nitrogens is 2. The summed E-state index contributed by atoms with van der Waals surface area (Å²) in [6, 6.07) is 26.1. The molecule has 8 nitrogen and oxygen atoms in total. The number of hydrogen-bond acceptors (Lipinski definition) is 7. The first-order valence-electron chi connectivity index (χ1n) is 13.4. The Kier molecular flexibility index (Phi) is 7.47. The summed E-state index contributed by atoms with van der Waals surface area (Å²) in [6.45, 7) is 4.03. The van der Waals surface area contributed by atoms with Crippen LogP contribution in [0.1, 0.15) is 16.7 Å². The minimum Gasteiger partial charge on any atom is -0.378 e. The maximum Gasteiger partial charge on any atom is 0.237 e. The monoisotopic (exact) mass is 520 g/mol. The summed E-state index contributed by atoms with van der Waals surface area (Å²) in [5.41, 5.74) is 7.05. The fourth-order valence-corrected chi connectivity index (χ4v) is 5.12. The average Bonchev–Trinajstić information content (AvgIpc) is 2.99. The van der Waals surface area contributed by atoms with E-state index in [-0.39, 0.29) is 5.91 Å². The van der Waals surface area contributed by atoms with Gasteiger partial charge in [0.05, 0.1) is 24.9 Å². The first-order chi connectivity index (χ1) is 19.2. The molecular formula is C31H32N6O2. The molecule has 0 saturated carbocycles. The summed E-state index contributed by atoms with van der Waals surface area (Å²) in [4.78, 5) is 25.1. The summed E-state index contributed by atoms with van der Waals surface area (Å²) < 4.78 is 5.59. The molecule has 3 aromatic carbocycles. The van der Waals surface area contributed by atoms with Crippen LogP contribution < -0.4 is 20.9 Å². The van der Waals surface area contributed by atoms with Crippen LogP contribution in [0.5, 0.6) is 0 Å². The number of rotatable bonds is 3. The third-order valence-corrected chi connectivity index (χ3v) is 7.17. The second-order valence-electron chi connectivity index (χ2n) is 9.87. The Morgan fingerprint density at radius 1 is 0.923 bits per heavy atom. The molecule has 198 valence electrons. The molecule has 0 unspecified atom stereocenters. The number of nitrogens with one attached hydrogen (secondary N) is 3. The summed E-state index contributed by atoms with van der Waals surface area (Å²) >= 11 is 0. The fourth-order valence-electron chi connectivity index (χ4n) is 5.12. The topological polar surface area (TPSA) is 91.4 Å². The van der Waals surface area contributed by atoms with E-state index in [9.17, 15) is 4.79 Å². The maximum absolute atomic E-state index is 13.5. The number of morpholine rings is 1. The van der Waals surface area contributed by atoms with Gasteiger partial charge < -0.3 is 25.6 Å². The Hall–Kier alpha value is -4.27. The van der Waals surface area contributed by atoms with Crippen LogP contribution in [-0.4, -0.2) is 48.2 Å². The van der Waals surface area contributed by atoms with Crippen LogP contribution >= 0.6 is 0 Å². The molecule has 2 aliphatic heterocycles. The van der Waals surface area contributed by atoms with Crippen molar-refractivity contribution < 1.29 is 9.53 Å². The van der Waals surface area contributed by atoms with Gasteiger partial charge in [-0.15, -0.1) is 0 Å². The molecular weight excluding hydrogens is 488 g/mol. The number of anilines is 3. The molecule has 39 heavy (non-hydrogen) atoms. The molecule has 1 fully saturated rings. The number of ether oxygens (including phenoxy) is 1. The van der Waals surface area contributed by atoms with E-state index in [1.807, 2.05) is 42.5 Å². The molecule has 0 spiro atoms. The predicted molar refractivity (Wildman–Crippen MR) is 153 cm³/mol. The molecule has 6 rings (SSSR count). The highest BCUT2D eigenvalue weighted by atomic mass is 16.5. The van der Waals surface area contributed by atoms with Crippen molar-refractivity contribution in [1.29, 1.82) is 0 Å². The van der Waals surface area contributed by atoms with Crippen molar-refractivity contribution in [2.45, 2.75) is 25.6 Å². The molecule has 6 bridgehead atoms. The molecule has 8 heteroatoms. The quantitative estimate of drug-likeness (QED) is 0.375. The molecule has 1 amide bonds. The Bertz CT molecular complexity index is 1440. The van der Waals surface area contributed by atoms with Crippen molar-refractivity contribution in [3.63, 3.8) is 0 Å². The molecule has 0 aliphatic carbocycles. The zero-order valence-corrected chi connectivity index (χ0v) is 21.8. The largest absolute Gasteiger partial charge is 0.378 e. The third-order valence-electron chi connectivity index (χ3n) is 7.17. The van der Waals surface area contributed by atoms with Crippen molar-refractivity contribution in [3.8, 4) is 11.3 Å². The number of fused-ring (bicyclic) bond motifs is 7. The van der Waals surface area contributed by atoms with Crippen molar-refractivity contribution in [2.24, 2.45) is 0 Å². The van der Waals surface area contributed by atoms with Crippen LogP contribution in [-0.2, 0) is 29.0 Å². The second-order valence-corrected chi connectivity index (χ2v) is 9.87. The summed E-state index contributed by atoms with van der Waals surface area (Å²) in [5.74, 6) is 0.515. The van der Waals surface area contributed by atoms with Gasteiger partial charge >= 0.3 is 0 Å². The Labute approximate surface area is 228 Å². The summed E-state index contributed by atoms with van der Waals surface area (Å²) in [6.07, 6.45) is 2.36. The van der Waals surface area contributed by atoms with Crippen molar-refractivity contribution in [3.05, 3.63) is 102 Å². The SMILES string of the molecule is O=C1NCc2cccc(c2)-c2ccnc(n2)Nc2ccc(N3CCOCC3)c(c2)CN[C@H]1Cc1ccccc1. The van der Waals surface area contributed by atoms with Gasteiger partial charge in [0, 0.05) is 49.3 Å². The average molecular weight is 521 g/mol. The Morgan fingerprint density at radius 3 is 2.67 bits per heavy atom. The van der Waals surface area contributed by atoms with E-state index in [1.54, 1.807) is 6.20 Å². The van der Waals surface area contributed by atoms with Crippen LogP contribution in [0, 0.1) is 0 Å². The van der Waals surface area contributed by atoms with Crippen molar-refractivity contribution in [2.75, 3.05) is 36.5 Å². The lowest BCUT2D eigenvalue weighted by molar-refractivity contribution is -0.123. The summed E-state index contributed by atoms with van der Waals surface area (Å²) in [5, 5.41) is 10.1. The van der Waals surface area contributed by atoms with Crippen LogP contribution in [0.25, 0.3) is 11.3 Å². The van der Waals surface area contributed by atoms with Gasteiger partial charge in [0.25, 0.3) is 0 Å². The van der Waals surface area contributed by atoms with Gasteiger partial charge in [0.1, 0.15) is 0 Å². The lowest BCUT2D eigenvalue weighted by atomic mass is 10.0. The van der Waals surface area contributed by atoms with E-state index in [1.165, 1.54) is 0 Å². The number of benzene rings is 3. The second kappa shape index (κ2) is 11.6. The Morgan fingerprint density at radius 2 is 1.79 bits per heavy atom. The zero-order valence-electron chi connectivity index (χ0n) is 21.8. The van der Waals surface area contributed by atoms with E-state index in [2.05, 4.69) is 62.2 Å². The van der Waals surface area contributed by atoms with Gasteiger partial charge in [-0.25, -0.2) is 9.97 Å². The highest BCUT2D eigenvalue weighted by molar-refractivity contribution is 5.82. The first-order valence-corrected chi connectivity index (χ1v) is 13.4. The highest BCUT2D eigenvalue weighted by Crippen LogP contribution is 2.28. The minimum absolute atomic E-state index is 0.0251. The standard InChI is InChI=1S/C31H32N6O2/c38-30-28(18-22-5-2-1-3-6-22)33-21-25-19-26(9-10-29(25)37-13-15-39-16-14-37)35-31-32-12-11-27(36-31)24-8-4-7-23(17-24)20-34-30/h1-12,17,19,28,33H,13-16,18,20-21H2,(H,34,38)(H,32,35,36)/t28-/m0/s1. The number of amides is 1. The van der Waals surface area contributed by atoms with Gasteiger partial charge in [-0.1, -0.05) is 48.5 Å². The lowest BCUT2D eigenvalue weighted by Gasteiger charge is -2.31. The smallest absolute Gasteiger partial charge is 0.237 e. The molecule has 0 radical (unpaired) electrons. The van der Waals surface area contributed by atoms with Crippen LogP contribution in [0.2, 0.25) is 0 Å². The van der Waals surface area contributed by atoms with Gasteiger partial charge in [-0.2, -0.15) is 0 Å². The van der Waals surface area contributed by atoms with Gasteiger partial charge in [-0.05, 0) is 53.4 Å². The number of nitrogens with zero attached hydrogens (tertiary/aromatic N) is 3. The van der Waals surface area contributed by atoms with Crippen molar-refractivity contribution in [1.82, 2.24) is 20.6 Å². The fraction of sp³-hybridized carbons (Fsp3) is 0.258. The van der Waals surface area contributed by atoms with Crippen LogP contribution in [0.4, 0.5) is 17.3 Å².